The van der Waals surface area contributed by atoms with Gasteiger partial charge in [-0.15, -0.1) is 0 Å². The van der Waals surface area contributed by atoms with Gasteiger partial charge in [0.2, 0.25) is 0 Å². The second kappa shape index (κ2) is 21.4. The van der Waals surface area contributed by atoms with Crippen molar-refractivity contribution in [2.75, 3.05) is 27.2 Å². The second-order valence-electron chi connectivity index (χ2n) is 14.4. The quantitative estimate of drug-likeness (QED) is 0.0590. The number of hydrogen-bond donors (Lipinski definition) is 1. The minimum Gasteiger partial charge on any atom is -0.507 e. The maximum atomic E-state index is 10.7. The molecule has 4 rings (SSSR count). The molecule has 0 spiro atoms. The van der Waals surface area contributed by atoms with E-state index >= 15 is 0 Å². The number of para-hydroxylation sites is 1. The fourth-order valence-electron chi connectivity index (χ4n) is 6.88. The Balaban J connectivity index is 1.48. The zero-order chi connectivity index (χ0) is 35.4. The van der Waals surface area contributed by atoms with Gasteiger partial charge in [0, 0.05) is 16.7 Å². The molecule has 1 aromatic heterocycles. The predicted molar refractivity (Wildman–Crippen MR) is 209 cm³/mol. The van der Waals surface area contributed by atoms with Crippen molar-refractivity contribution in [1.82, 2.24) is 15.0 Å². The van der Waals surface area contributed by atoms with E-state index in [1.54, 1.807) is 19.2 Å². The highest BCUT2D eigenvalue weighted by Gasteiger charge is 2.22. The lowest BCUT2D eigenvalue weighted by molar-refractivity contribution is -0.923. The molecule has 50 heavy (non-hydrogen) atoms. The molecule has 0 aliphatic carbocycles. The first kappa shape index (κ1) is 39.0. The van der Waals surface area contributed by atoms with Crippen molar-refractivity contribution in [3.8, 4) is 45.7 Å². The summed E-state index contributed by atoms with van der Waals surface area (Å²) < 4.78 is 6.46. The van der Waals surface area contributed by atoms with Gasteiger partial charge in [0.15, 0.2) is 17.5 Å². The molecule has 0 saturated carbocycles. The van der Waals surface area contributed by atoms with Crippen molar-refractivity contribution in [3.05, 3.63) is 78.4 Å². The first-order valence-electron chi connectivity index (χ1n) is 19.6. The topological polar surface area (TPSA) is 68.1 Å². The van der Waals surface area contributed by atoms with E-state index in [4.69, 9.17) is 19.7 Å². The van der Waals surface area contributed by atoms with Crippen molar-refractivity contribution in [1.29, 1.82) is 0 Å². The van der Waals surface area contributed by atoms with Gasteiger partial charge in [-0.2, -0.15) is 0 Å². The zero-order valence-electron chi connectivity index (χ0n) is 31.5. The number of methoxy groups -OCH3 is 1. The van der Waals surface area contributed by atoms with E-state index in [0.717, 1.165) is 27.9 Å². The number of nitrogens with zero attached hydrogens (tertiary/aromatic N) is 4. The van der Waals surface area contributed by atoms with E-state index in [1.165, 1.54) is 121 Å². The summed E-state index contributed by atoms with van der Waals surface area (Å²) >= 11 is 0. The van der Waals surface area contributed by atoms with Gasteiger partial charge in [0.25, 0.3) is 0 Å². The molecule has 4 aromatic rings. The van der Waals surface area contributed by atoms with E-state index in [2.05, 4.69) is 45.2 Å². The molecule has 1 heterocycles. The van der Waals surface area contributed by atoms with Crippen LogP contribution in [0.5, 0.6) is 11.5 Å². The summed E-state index contributed by atoms with van der Waals surface area (Å²) in [5, 5.41) is 10.7. The highest BCUT2D eigenvalue weighted by molar-refractivity contribution is 5.69. The number of phenols is 1. The highest BCUT2D eigenvalue weighted by atomic mass is 16.5. The smallest absolute Gasteiger partial charge is 0.167 e. The Bertz CT molecular complexity index is 1500. The number of phenolic OH excluding ortho intramolecular Hbond substituents is 1. The van der Waals surface area contributed by atoms with Crippen molar-refractivity contribution < 1.29 is 14.3 Å². The molecular weight excluding hydrogens is 617 g/mol. The fourth-order valence-corrected chi connectivity index (χ4v) is 6.88. The van der Waals surface area contributed by atoms with Crippen LogP contribution in [0, 0.1) is 0 Å². The predicted octanol–water partition coefficient (Wildman–Crippen LogP) is 11.8. The molecule has 270 valence electrons. The second-order valence-corrected chi connectivity index (χ2v) is 14.4. The molecule has 0 aliphatic rings. The SMILES string of the molecule is CCCCCCCCCC[N+](C)(CCCCCCCCCC)Cc1ccc(-c2nc(-c3ccc(OC)cc3)nc(-c3ccccc3O)n2)cc1. The maximum absolute atomic E-state index is 10.7. The molecule has 0 amide bonds. The van der Waals surface area contributed by atoms with Gasteiger partial charge < -0.3 is 14.3 Å². The number of hydrogen-bond acceptors (Lipinski definition) is 5. The Hall–Kier alpha value is -3.77. The maximum Gasteiger partial charge on any atom is 0.167 e. The first-order valence-corrected chi connectivity index (χ1v) is 19.6. The van der Waals surface area contributed by atoms with Crippen LogP contribution in [-0.4, -0.2) is 51.8 Å². The normalized spacial score (nSPS) is 11.6. The standard InChI is InChI=1S/C44H62N4O2/c1-5-7-9-11-13-15-17-21-33-48(3,34-22-18-16-14-12-10-8-6-2)35-36-25-27-37(28-26-36)42-45-43(38-29-31-39(50-4)32-30-38)47-44(46-42)40-23-19-20-24-41(40)49/h19-20,23-32H,5-18,21-22,33-35H2,1-4H3/p+1. The van der Waals surface area contributed by atoms with Crippen LogP contribution in [0.2, 0.25) is 0 Å². The Kier molecular flexibility index (Phi) is 16.7. The third kappa shape index (κ3) is 12.8. The molecular formula is C44H63N4O2+. The Morgan fingerprint density at radius 2 is 0.980 bits per heavy atom. The number of quaternary nitrogens is 1. The minimum atomic E-state index is 0.144. The summed E-state index contributed by atoms with van der Waals surface area (Å²) in [6, 6.07) is 23.7. The summed E-state index contributed by atoms with van der Waals surface area (Å²) in [6.07, 6.45) is 21.7. The molecule has 3 aromatic carbocycles. The summed E-state index contributed by atoms with van der Waals surface area (Å²) in [5.41, 5.74) is 3.72. The summed E-state index contributed by atoms with van der Waals surface area (Å²) in [5.74, 6) is 2.51. The third-order valence-electron chi connectivity index (χ3n) is 10.0. The average Bonchev–Trinajstić information content (AvgIpc) is 3.14. The van der Waals surface area contributed by atoms with E-state index in [0.29, 0.717) is 23.0 Å². The molecule has 0 atom stereocenters. The summed E-state index contributed by atoms with van der Waals surface area (Å²) in [4.78, 5) is 14.5. The van der Waals surface area contributed by atoms with Crippen LogP contribution in [0.15, 0.2) is 72.8 Å². The van der Waals surface area contributed by atoms with Gasteiger partial charge in [-0.1, -0.05) is 127 Å². The van der Waals surface area contributed by atoms with Crippen LogP contribution in [0.25, 0.3) is 34.2 Å². The van der Waals surface area contributed by atoms with Crippen molar-refractivity contribution in [3.63, 3.8) is 0 Å². The Morgan fingerprint density at radius 3 is 1.46 bits per heavy atom. The zero-order valence-corrected chi connectivity index (χ0v) is 31.5. The number of benzene rings is 3. The van der Waals surface area contributed by atoms with Crippen LogP contribution in [0.1, 0.15) is 122 Å². The first-order chi connectivity index (χ1) is 24.4. The lowest BCUT2D eigenvalue weighted by Crippen LogP contribution is -2.44. The third-order valence-corrected chi connectivity index (χ3v) is 10.0. The van der Waals surface area contributed by atoms with Gasteiger partial charge in [0.05, 0.1) is 32.8 Å². The molecule has 0 aliphatic heterocycles. The molecule has 1 N–H and O–H groups in total. The molecule has 0 fully saturated rings. The van der Waals surface area contributed by atoms with E-state index in [-0.39, 0.29) is 5.75 Å². The van der Waals surface area contributed by atoms with Gasteiger partial charge in [-0.3, -0.25) is 0 Å². The van der Waals surface area contributed by atoms with Crippen LogP contribution in [0.4, 0.5) is 0 Å². The average molecular weight is 680 g/mol. The highest BCUT2D eigenvalue weighted by Crippen LogP contribution is 2.30. The van der Waals surface area contributed by atoms with Crippen LogP contribution < -0.4 is 4.74 Å². The largest absolute Gasteiger partial charge is 0.507 e. The monoisotopic (exact) mass is 679 g/mol. The lowest BCUT2D eigenvalue weighted by Gasteiger charge is -2.35. The van der Waals surface area contributed by atoms with Crippen LogP contribution >= 0.6 is 0 Å². The van der Waals surface area contributed by atoms with Gasteiger partial charge in [-0.25, -0.2) is 15.0 Å². The molecule has 0 radical (unpaired) electrons. The van der Waals surface area contributed by atoms with E-state index < -0.39 is 0 Å². The summed E-state index contributed by atoms with van der Waals surface area (Å²) in [7, 11) is 4.13. The number of rotatable bonds is 24. The van der Waals surface area contributed by atoms with E-state index in [1.807, 2.05) is 36.4 Å². The van der Waals surface area contributed by atoms with Crippen molar-refractivity contribution in [2.24, 2.45) is 0 Å². The van der Waals surface area contributed by atoms with Crippen molar-refractivity contribution in [2.45, 2.75) is 123 Å². The Labute approximate surface area is 303 Å². The Morgan fingerprint density at radius 1 is 0.540 bits per heavy atom. The number of unbranched alkanes of at least 4 members (excludes halogenated alkanes) is 14. The van der Waals surface area contributed by atoms with Crippen molar-refractivity contribution >= 4 is 0 Å². The fraction of sp³-hybridized carbons (Fsp3) is 0.523. The van der Waals surface area contributed by atoms with Gasteiger partial charge >= 0.3 is 0 Å². The van der Waals surface area contributed by atoms with Gasteiger partial charge in [-0.05, 0) is 62.1 Å². The summed E-state index contributed by atoms with van der Waals surface area (Å²) in [6.45, 7) is 8.08. The van der Waals surface area contributed by atoms with Crippen LogP contribution in [-0.2, 0) is 6.54 Å². The molecule has 0 unspecified atom stereocenters. The van der Waals surface area contributed by atoms with Crippen LogP contribution in [0.3, 0.4) is 0 Å². The number of aromatic hydroxyl groups is 1. The molecule has 0 saturated heterocycles. The van der Waals surface area contributed by atoms with E-state index in [9.17, 15) is 5.11 Å². The number of aromatic nitrogens is 3. The molecule has 6 nitrogen and oxygen atoms in total. The molecule has 6 heteroatoms. The lowest BCUT2D eigenvalue weighted by atomic mass is 10.1. The molecule has 0 bridgehead atoms. The van der Waals surface area contributed by atoms with Gasteiger partial charge in [0.1, 0.15) is 18.0 Å². The number of ether oxygens (including phenoxy) is 1. The minimum absolute atomic E-state index is 0.144.